The number of likely N-dealkylation sites (tertiary alicyclic amines) is 1. The lowest BCUT2D eigenvalue weighted by molar-refractivity contribution is -0.146. The Labute approximate surface area is 233 Å². The molecule has 210 valence electrons. The van der Waals surface area contributed by atoms with Crippen LogP contribution in [0.5, 0.6) is 0 Å². The molecule has 5 rings (SSSR count). The fourth-order valence-corrected chi connectivity index (χ4v) is 7.00. The number of ether oxygens (including phenoxy) is 1. The van der Waals surface area contributed by atoms with Crippen LogP contribution in [-0.4, -0.2) is 64.9 Å². The molecular formula is C29H37ClN4O5. The van der Waals surface area contributed by atoms with Crippen molar-refractivity contribution < 1.29 is 23.9 Å². The number of nitrogens with one attached hydrogen (secondary N) is 3. The van der Waals surface area contributed by atoms with Crippen molar-refractivity contribution in [2.45, 2.75) is 82.8 Å². The van der Waals surface area contributed by atoms with E-state index in [1.54, 1.807) is 23.1 Å². The molecule has 39 heavy (non-hydrogen) atoms. The average molecular weight is 557 g/mol. The molecule has 1 aromatic heterocycles. The number of hydrogen-bond donors (Lipinski definition) is 3. The Morgan fingerprint density at radius 3 is 2.56 bits per heavy atom. The Balaban J connectivity index is 1.39. The fourth-order valence-electron chi connectivity index (χ4n) is 6.83. The van der Waals surface area contributed by atoms with Gasteiger partial charge in [-0.3, -0.25) is 14.4 Å². The monoisotopic (exact) mass is 556 g/mol. The van der Waals surface area contributed by atoms with Gasteiger partial charge in [-0.2, -0.15) is 0 Å². The first-order chi connectivity index (χ1) is 18.5. The van der Waals surface area contributed by atoms with Crippen LogP contribution < -0.4 is 10.6 Å². The second-order valence-electron chi connectivity index (χ2n) is 12.2. The van der Waals surface area contributed by atoms with E-state index in [-0.39, 0.29) is 29.2 Å². The lowest BCUT2D eigenvalue weighted by Crippen LogP contribution is -2.51. The number of nitrogens with zero attached hydrogens (tertiary/aromatic N) is 1. The molecule has 3 atom stereocenters. The third-order valence-corrected chi connectivity index (χ3v) is 8.95. The number of carbonyl (C=O) groups excluding carboxylic acids is 4. The molecule has 3 heterocycles. The minimum Gasteiger partial charge on any atom is -0.467 e. The van der Waals surface area contributed by atoms with Crippen LogP contribution in [-0.2, 0) is 19.1 Å². The molecule has 2 aromatic rings. The average Bonchev–Trinajstić information content (AvgIpc) is 3.55. The Bertz CT molecular complexity index is 1300. The number of aromatic nitrogens is 1. The molecule has 0 bridgehead atoms. The highest BCUT2D eigenvalue weighted by molar-refractivity contribution is 6.31. The SMILES string of the molecule is COC(=O)[C@H](C[C@@H]1CC(C)(C)NC1=O)NC(=O)[C@@H]1CC2(CCCCC2)CN1C(=O)c1cc2ccc(Cl)cc2[nH]1. The van der Waals surface area contributed by atoms with Crippen LogP contribution >= 0.6 is 11.6 Å². The number of halogens is 1. The zero-order valence-corrected chi connectivity index (χ0v) is 23.5. The molecule has 2 saturated heterocycles. The lowest BCUT2D eigenvalue weighted by Gasteiger charge is -2.32. The number of amides is 3. The van der Waals surface area contributed by atoms with Gasteiger partial charge in [0.15, 0.2) is 0 Å². The first-order valence-electron chi connectivity index (χ1n) is 13.8. The summed E-state index contributed by atoms with van der Waals surface area (Å²) in [7, 11) is 1.27. The van der Waals surface area contributed by atoms with Crippen molar-refractivity contribution >= 4 is 46.2 Å². The standard InChI is InChI=1S/C29H37ClN4O5/c1-28(2)14-18(24(35)33-28)12-22(27(38)39-3)32-25(36)23-15-29(9-5-4-6-10-29)16-34(23)26(37)21-11-17-7-8-19(30)13-20(17)31-21/h7-8,11,13,18,22-23,31H,4-6,9-10,12,14-16H2,1-3H3,(H,32,36)(H,33,35)/t18-,22+,23+/m1/s1. The molecule has 2 aliphatic heterocycles. The van der Waals surface area contributed by atoms with E-state index in [1.165, 1.54) is 7.11 Å². The van der Waals surface area contributed by atoms with Crippen molar-refractivity contribution in [1.29, 1.82) is 0 Å². The van der Waals surface area contributed by atoms with E-state index < -0.39 is 29.9 Å². The van der Waals surface area contributed by atoms with Crippen molar-refractivity contribution in [2.75, 3.05) is 13.7 Å². The number of aromatic amines is 1. The Hall–Kier alpha value is -3.07. The normalized spacial score (nSPS) is 24.5. The van der Waals surface area contributed by atoms with Crippen LogP contribution in [0, 0.1) is 11.3 Å². The summed E-state index contributed by atoms with van der Waals surface area (Å²) in [5, 5.41) is 7.23. The summed E-state index contributed by atoms with van der Waals surface area (Å²) >= 11 is 6.14. The largest absolute Gasteiger partial charge is 0.467 e. The first kappa shape index (κ1) is 27.5. The van der Waals surface area contributed by atoms with Gasteiger partial charge in [-0.05, 0) is 69.6 Å². The summed E-state index contributed by atoms with van der Waals surface area (Å²) in [6.07, 6.45) is 6.44. The zero-order valence-electron chi connectivity index (χ0n) is 22.8. The van der Waals surface area contributed by atoms with Gasteiger partial charge in [-0.15, -0.1) is 0 Å². The molecule has 10 heteroatoms. The number of rotatable bonds is 6. The van der Waals surface area contributed by atoms with Crippen LogP contribution in [0.4, 0.5) is 0 Å². The Kier molecular flexibility index (Phi) is 7.39. The second kappa shape index (κ2) is 10.5. The van der Waals surface area contributed by atoms with Crippen molar-refractivity contribution in [3.8, 4) is 0 Å². The molecular weight excluding hydrogens is 520 g/mol. The number of methoxy groups -OCH3 is 1. The van der Waals surface area contributed by atoms with Gasteiger partial charge in [0, 0.05) is 33.9 Å². The summed E-state index contributed by atoms with van der Waals surface area (Å²) in [4.78, 5) is 57.7. The molecule has 3 N–H and O–H groups in total. The zero-order chi connectivity index (χ0) is 27.9. The van der Waals surface area contributed by atoms with E-state index in [1.807, 2.05) is 19.9 Å². The summed E-state index contributed by atoms with van der Waals surface area (Å²) < 4.78 is 4.99. The summed E-state index contributed by atoms with van der Waals surface area (Å²) in [6, 6.07) is 5.46. The lowest BCUT2D eigenvalue weighted by atomic mass is 9.72. The fraction of sp³-hybridized carbons (Fsp3) is 0.586. The van der Waals surface area contributed by atoms with Gasteiger partial charge in [0.2, 0.25) is 11.8 Å². The summed E-state index contributed by atoms with van der Waals surface area (Å²) in [5.74, 6) is -1.81. The molecule has 3 amide bonds. The van der Waals surface area contributed by atoms with Gasteiger partial charge in [-0.25, -0.2) is 4.79 Å². The van der Waals surface area contributed by atoms with Crippen molar-refractivity contribution in [3.05, 3.63) is 35.0 Å². The molecule has 1 saturated carbocycles. The topological polar surface area (TPSA) is 121 Å². The van der Waals surface area contributed by atoms with E-state index in [2.05, 4.69) is 15.6 Å². The van der Waals surface area contributed by atoms with Gasteiger partial charge >= 0.3 is 5.97 Å². The first-order valence-corrected chi connectivity index (χ1v) is 14.2. The number of esters is 1. The van der Waals surface area contributed by atoms with Gasteiger partial charge in [0.05, 0.1) is 7.11 Å². The predicted octanol–water partition coefficient (Wildman–Crippen LogP) is 3.95. The van der Waals surface area contributed by atoms with E-state index in [0.29, 0.717) is 30.1 Å². The number of fused-ring (bicyclic) bond motifs is 1. The highest BCUT2D eigenvalue weighted by Crippen LogP contribution is 2.47. The smallest absolute Gasteiger partial charge is 0.328 e. The number of H-pyrrole nitrogens is 1. The molecule has 1 aromatic carbocycles. The maximum absolute atomic E-state index is 13.8. The molecule has 9 nitrogen and oxygen atoms in total. The van der Waals surface area contributed by atoms with Crippen LogP contribution in [0.2, 0.25) is 5.02 Å². The number of carbonyl (C=O) groups is 4. The van der Waals surface area contributed by atoms with Gasteiger partial charge in [0.1, 0.15) is 17.8 Å². The summed E-state index contributed by atoms with van der Waals surface area (Å²) in [5.41, 5.74) is 0.647. The van der Waals surface area contributed by atoms with Crippen LogP contribution in [0.1, 0.15) is 75.7 Å². The van der Waals surface area contributed by atoms with Crippen LogP contribution in [0.25, 0.3) is 10.9 Å². The highest BCUT2D eigenvalue weighted by Gasteiger charge is 2.50. The predicted molar refractivity (Wildman–Crippen MR) is 147 cm³/mol. The molecule has 1 aliphatic carbocycles. The molecule has 1 spiro atoms. The quantitative estimate of drug-likeness (QED) is 0.465. The minimum atomic E-state index is -0.984. The molecule has 3 aliphatic rings. The number of hydrogen-bond acceptors (Lipinski definition) is 5. The maximum atomic E-state index is 13.8. The minimum absolute atomic E-state index is 0.124. The van der Waals surface area contributed by atoms with Crippen molar-refractivity contribution in [1.82, 2.24) is 20.5 Å². The number of benzene rings is 1. The Morgan fingerprint density at radius 1 is 1.15 bits per heavy atom. The van der Waals surface area contributed by atoms with E-state index >= 15 is 0 Å². The maximum Gasteiger partial charge on any atom is 0.328 e. The van der Waals surface area contributed by atoms with Crippen LogP contribution in [0.3, 0.4) is 0 Å². The summed E-state index contributed by atoms with van der Waals surface area (Å²) in [6.45, 7) is 4.35. The molecule has 0 radical (unpaired) electrons. The van der Waals surface area contributed by atoms with Crippen molar-refractivity contribution in [3.63, 3.8) is 0 Å². The highest BCUT2D eigenvalue weighted by atomic mass is 35.5. The van der Waals surface area contributed by atoms with Crippen molar-refractivity contribution in [2.24, 2.45) is 11.3 Å². The van der Waals surface area contributed by atoms with E-state index in [9.17, 15) is 19.2 Å². The van der Waals surface area contributed by atoms with E-state index in [0.717, 1.165) is 43.0 Å². The van der Waals surface area contributed by atoms with Gasteiger partial charge < -0.3 is 25.3 Å². The van der Waals surface area contributed by atoms with Crippen LogP contribution in [0.15, 0.2) is 24.3 Å². The third-order valence-electron chi connectivity index (χ3n) is 8.71. The molecule has 3 fully saturated rings. The van der Waals surface area contributed by atoms with Gasteiger partial charge in [0.25, 0.3) is 5.91 Å². The third kappa shape index (κ3) is 5.64. The Morgan fingerprint density at radius 2 is 1.90 bits per heavy atom. The molecule has 0 unspecified atom stereocenters. The van der Waals surface area contributed by atoms with E-state index in [4.69, 9.17) is 16.3 Å². The van der Waals surface area contributed by atoms with Gasteiger partial charge in [-0.1, -0.05) is 36.9 Å². The second-order valence-corrected chi connectivity index (χ2v) is 12.7.